The highest BCUT2D eigenvalue weighted by atomic mass is 16.5. The molecule has 1 N–H and O–H groups in total. The number of aromatic carboxylic acids is 1. The van der Waals surface area contributed by atoms with Gasteiger partial charge in [-0.3, -0.25) is 0 Å². The lowest BCUT2D eigenvalue weighted by Gasteiger charge is -2.15. The van der Waals surface area contributed by atoms with Gasteiger partial charge in [0.15, 0.2) is 5.75 Å². The lowest BCUT2D eigenvalue weighted by atomic mass is 10.0. The van der Waals surface area contributed by atoms with E-state index in [0.29, 0.717) is 34.3 Å². The molecule has 0 atom stereocenters. The molecule has 1 aromatic heterocycles. The number of carboxylic acids is 1. The van der Waals surface area contributed by atoms with Crippen molar-refractivity contribution in [2.75, 3.05) is 0 Å². The second-order valence-corrected chi connectivity index (χ2v) is 6.72. The Labute approximate surface area is 173 Å². The van der Waals surface area contributed by atoms with Crippen LogP contribution in [0.25, 0.3) is 22.0 Å². The van der Waals surface area contributed by atoms with Crippen LogP contribution in [0.2, 0.25) is 0 Å². The smallest absolute Gasteiger partial charge is 0.340 e. The van der Waals surface area contributed by atoms with E-state index in [9.17, 15) is 15.2 Å². The monoisotopic (exact) mass is 394 g/mol. The van der Waals surface area contributed by atoms with Crippen molar-refractivity contribution in [1.82, 2.24) is 4.98 Å². The summed E-state index contributed by atoms with van der Waals surface area (Å²) in [5, 5.41) is 19.7. The quantitative estimate of drug-likeness (QED) is 0.461. The minimum Gasteiger partial charge on any atom is -0.478 e. The number of ether oxygens (including phenoxy) is 1. The van der Waals surface area contributed by atoms with Gasteiger partial charge in [-0.1, -0.05) is 55.5 Å². The molecule has 4 rings (SSSR count). The number of hydrogen-bond donors (Lipinski definition) is 1. The molecule has 0 aliphatic rings. The topological polar surface area (TPSA) is 83.2 Å². The van der Waals surface area contributed by atoms with Gasteiger partial charge >= 0.3 is 5.97 Å². The first kappa shape index (κ1) is 19.2. The Bertz CT molecular complexity index is 1290. The molecule has 0 radical (unpaired) electrons. The SMILES string of the molecule is CCc1nc2ccccc2c(C(=O)O)c1Oc1ccc(-c2ccccc2C#N)cc1. The van der Waals surface area contributed by atoms with Crippen LogP contribution in [0, 0.1) is 11.3 Å². The summed E-state index contributed by atoms with van der Waals surface area (Å²) < 4.78 is 6.04. The summed E-state index contributed by atoms with van der Waals surface area (Å²) in [6.07, 6.45) is 0.536. The number of aromatic nitrogens is 1. The van der Waals surface area contributed by atoms with Crippen LogP contribution in [-0.2, 0) is 6.42 Å². The molecule has 0 aliphatic carbocycles. The van der Waals surface area contributed by atoms with Crippen molar-refractivity contribution in [3.63, 3.8) is 0 Å². The molecular formula is C25H18N2O3. The van der Waals surface area contributed by atoms with Gasteiger partial charge in [0.1, 0.15) is 11.3 Å². The number of carbonyl (C=O) groups is 1. The Morgan fingerprint density at radius 2 is 1.73 bits per heavy atom. The molecule has 3 aromatic carbocycles. The molecule has 0 saturated carbocycles. The van der Waals surface area contributed by atoms with Gasteiger partial charge in [0.05, 0.1) is 22.8 Å². The summed E-state index contributed by atoms with van der Waals surface area (Å²) in [5.74, 6) is -0.297. The number of nitriles is 1. The van der Waals surface area contributed by atoms with Crippen molar-refractivity contribution in [2.45, 2.75) is 13.3 Å². The number of nitrogens with zero attached hydrogens (tertiary/aromatic N) is 2. The number of aryl methyl sites for hydroxylation is 1. The second-order valence-electron chi connectivity index (χ2n) is 6.72. The first-order chi connectivity index (χ1) is 14.6. The lowest BCUT2D eigenvalue weighted by Crippen LogP contribution is -2.06. The molecule has 0 fully saturated rings. The van der Waals surface area contributed by atoms with E-state index in [0.717, 1.165) is 11.1 Å². The molecule has 5 nitrogen and oxygen atoms in total. The van der Waals surface area contributed by atoms with E-state index in [-0.39, 0.29) is 11.3 Å². The number of para-hydroxylation sites is 1. The molecule has 0 saturated heterocycles. The third kappa shape index (κ3) is 3.47. The maximum Gasteiger partial charge on any atom is 0.340 e. The summed E-state index contributed by atoms with van der Waals surface area (Å²) in [6.45, 7) is 1.91. The molecule has 146 valence electrons. The Balaban J connectivity index is 1.77. The van der Waals surface area contributed by atoms with Gasteiger partial charge in [-0.05, 0) is 41.8 Å². The zero-order valence-corrected chi connectivity index (χ0v) is 16.3. The van der Waals surface area contributed by atoms with E-state index in [1.165, 1.54) is 0 Å². The number of rotatable bonds is 5. The molecule has 0 unspecified atom stereocenters. The zero-order chi connectivity index (χ0) is 21.1. The van der Waals surface area contributed by atoms with Crippen LogP contribution in [0.15, 0.2) is 72.8 Å². The molecule has 0 spiro atoms. The highest BCUT2D eigenvalue weighted by Crippen LogP contribution is 2.35. The summed E-state index contributed by atoms with van der Waals surface area (Å²) in [7, 11) is 0. The minimum absolute atomic E-state index is 0.108. The summed E-state index contributed by atoms with van der Waals surface area (Å²) in [6, 6.07) is 24.0. The van der Waals surface area contributed by atoms with Crippen molar-refractivity contribution in [3.8, 4) is 28.7 Å². The summed E-state index contributed by atoms with van der Waals surface area (Å²) in [4.78, 5) is 16.7. The van der Waals surface area contributed by atoms with E-state index in [1.807, 2.05) is 43.3 Å². The highest BCUT2D eigenvalue weighted by Gasteiger charge is 2.21. The van der Waals surface area contributed by atoms with Crippen molar-refractivity contribution >= 4 is 16.9 Å². The number of benzene rings is 3. The predicted octanol–water partition coefficient (Wildman–Crippen LogP) is 5.83. The molecule has 0 amide bonds. The van der Waals surface area contributed by atoms with E-state index in [4.69, 9.17) is 4.74 Å². The Kier molecular flexibility index (Phi) is 5.15. The van der Waals surface area contributed by atoms with Gasteiger partial charge in [0.2, 0.25) is 0 Å². The lowest BCUT2D eigenvalue weighted by molar-refractivity contribution is 0.0696. The van der Waals surface area contributed by atoms with E-state index < -0.39 is 5.97 Å². The van der Waals surface area contributed by atoms with Gasteiger partial charge in [-0.2, -0.15) is 5.26 Å². The molecule has 1 heterocycles. The van der Waals surface area contributed by atoms with E-state index in [1.54, 1.807) is 36.4 Å². The predicted molar refractivity (Wildman–Crippen MR) is 115 cm³/mol. The second kappa shape index (κ2) is 8.06. The van der Waals surface area contributed by atoms with Crippen LogP contribution in [0.1, 0.15) is 28.5 Å². The van der Waals surface area contributed by atoms with Gasteiger partial charge in [-0.25, -0.2) is 9.78 Å². The maximum atomic E-state index is 12.1. The van der Waals surface area contributed by atoms with Crippen LogP contribution >= 0.6 is 0 Å². The van der Waals surface area contributed by atoms with E-state index >= 15 is 0 Å². The van der Waals surface area contributed by atoms with Gasteiger partial charge < -0.3 is 9.84 Å². The third-order valence-corrected chi connectivity index (χ3v) is 4.90. The zero-order valence-electron chi connectivity index (χ0n) is 16.3. The van der Waals surface area contributed by atoms with Crippen molar-refractivity contribution in [1.29, 1.82) is 5.26 Å². The molecule has 30 heavy (non-hydrogen) atoms. The van der Waals surface area contributed by atoms with Crippen molar-refractivity contribution in [2.24, 2.45) is 0 Å². The Morgan fingerprint density at radius 1 is 1.03 bits per heavy atom. The molecule has 0 bridgehead atoms. The summed E-state index contributed by atoms with van der Waals surface area (Å²) >= 11 is 0. The van der Waals surface area contributed by atoms with Crippen LogP contribution < -0.4 is 4.74 Å². The number of carboxylic acid groups (broad SMARTS) is 1. The standard InChI is InChI=1S/C25H18N2O3/c1-2-21-24(23(25(28)29)20-9-5-6-10-22(20)27-21)30-18-13-11-16(12-14-18)19-8-4-3-7-17(19)15-26/h3-14H,2H2,1H3,(H,28,29). The fourth-order valence-corrected chi connectivity index (χ4v) is 3.46. The van der Waals surface area contributed by atoms with Crippen molar-refractivity contribution < 1.29 is 14.6 Å². The Hall–Kier alpha value is -4.17. The van der Waals surface area contributed by atoms with Crippen LogP contribution in [0.4, 0.5) is 0 Å². The van der Waals surface area contributed by atoms with Gasteiger partial charge in [0, 0.05) is 5.39 Å². The number of fused-ring (bicyclic) bond motifs is 1. The maximum absolute atomic E-state index is 12.1. The third-order valence-electron chi connectivity index (χ3n) is 4.90. The molecule has 0 aliphatic heterocycles. The van der Waals surface area contributed by atoms with Crippen LogP contribution in [-0.4, -0.2) is 16.1 Å². The Morgan fingerprint density at radius 3 is 2.43 bits per heavy atom. The fraction of sp³-hybridized carbons (Fsp3) is 0.0800. The van der Waals surface area contributed by atoms with Crippen molar-refractivity contribution in [3.05, 3.63) is 89.6 Å². The normalized spacial score (nSPS) is 10.5. The van der Waals surface area contributed by atoms with Gasteiger partial charge in [-0.15, -0.1) is 0 Å². The molecule has 5 heteroatoms. The average molecular weight is 394 g/mol. The minimum atomic E-state index is -1.06. The average Bonchev–Trinajstić information content (AvgIpc) is 2.78. The van der Waals surface area contributed by atoms with E-state index in [2.05, 4.69) is 11.1 Å². The first-order valence-electron chi connectivity index (χ1n) is 9.54. The van der Waals surface area contributed by atoms with Crippen LogP contribution in [0.3, 0.4) is 0 Å². The molecular weight excluding hydrogens is 376 g/mol. The summed E-state index contributed by atoms with van der Waals surface area (Å²) in [5.41, 5.74) is 3.62. The molecule has 4 aromatic rings. The van der Waals surface area contributed by atoms with Crippen LogP contribution in [0.5, 0.6) is 11.5 Å². The highest BCUT2D eigenvalue weighted by molar-refractivity contribution is 6.05. The number of hydrogen-bond acceptors (Lipinski definition) is 4. The fourth-order valence-electron chi connectivity index (χ4n) is 3.46. The number of pyridine rings is 1. The largest absolute Gasteiger partial charge is 0.478 e. The van der Waals surface area contributed by atoms with Gasteiger partial charge in [0.25, 0.3) is 0 Å². The first-order valence-corrected chi connectivity index (χ1v) is 9.54.